The zero-order valence-corrected chi connectivity index (χ0v) is 20.2. The van der Waals surface area contributed by atoms with Crippen molar-refractivity contribution in [2.24, 2.45) is 0 Å². The average molecular weight is 540 g/mol. The van der Waals surface area contributed by atoms with Gasteiger partial charge in [0, 0.05) is 46.3 Å². The molecular formula is C23H21BrCl2N2O4. The van der Waals surface area contributed by atoms with Gasteiger partial charge in [-0.15, -0.1) is 0 Å². The van der Waals surface area contributed by atoms with E-state index in [9.17, 15) is 14.7 Å². The van der Waals surface area contributed by atoms with Gasteiger partial charge in [0.25, 0.3) is 11.7 Å². The van der Waals surface area contributed by atoms with Gasteiger partial charge in [0.15, 0.2) is 0 Å². The molecule has 0 radical (unpaired) electrons. The monoisotopic (exact) mass is 538 g/mol. The van der Waals surface area contributed by atoms with Crippen molar-refractivity contribution in [2.45, 2.75) is 6.04 Å². The summed E-state index contributed by atoms with van der Waals surface area (Å²) in [4.78, 5) is 29.8. The third-order valence-corrected chi connectivity index (χ3v) is 6.77. The molecular weight excluding hydrogens is 519 g/mol. The van der Waals surface area contributed by atoms with E-state index in [1.54, 1.807) is 42.5 Å². The number of likely N-dealkylation sites (tertiary alicyclic amines) is 1. The van der Waals surface area contributed by atoms with Crippen molar-refractivity contribution in [1.82, 2.24) is 9.80 Å². The van der Waals surface area contributed by atoms with Gasteiger partial charge in [0.2, 0.25) is 0 Å². The number of aliphatic hydroxyl groups excluding tert-OH is 1. The highest BCUT2D eigenvalue weighted by Crippen LogP contribution is 2.42. The summed E-state index contributed by atoms with van der Waals surface area (Å²) in [5.74, 6) is -1.63. The number of ketones is 1. The number of Topliss-reactive ketones (excluding diaryl/α,β-unsaturated/α-hetero) is 1. The molecule has 2 aromatic rings. The molecule has 0 aromatic heterocycles. The summed E-state index contributed by atoms with van der Waals surface area (Å²) < 4.78 is 6.21. The van der Waals surface area contributed by atoms with Crippen molar-refractivity contribution in [2.75, 3.05) is 39.4 Å². The number of nitrogens with zero attached hydrogens (tertiary/aromatic N) is 2. The topological polar surface area (TPSA) is 70.1 Å². The minimum Gasteiger partial charge on any atom is -0.507 e. The van der Waals surface area contributed by atoms with Gasteiger partial charge in [-0.3, -0.25) is 14.5 Å². The lowest BCUT2D eigenvalue weighted by Gasteiger charge is -2.31. The van der Waals surface area contributed by atoms with Crippen LogP contribution in [0.25, 0.3) is 5.76 Å². The van der Waals surface area contributed by atoms with Gasteiger partial charge in [-0.05, 0) is 29.8 Å². The van der Waals surface area contributed by atoms with Crippen molar-refractivity contribution in [3.05, 3.63) is 73.7 Å². The third-order valence-electron chi connectivity index (χ3n) is 5.68. The van der Waals surface area contributed by atoms with Crippen molar-refractivity contribution >= 4 is 56.6 Å². The molecule has 32 heavy (non-hydrogen) atoms. The smallest absolute Gasteiger partial charge is 0.295 e. The highest BCUT2D eigenvalue weighted by molar-refractivity contribution is 9.10. The van der Waals surface area contributed by atoms with E-state index >= 15 is 0 Å². The Balaban J connectivity index is 1.76. The number of morpholine rings is 1. The van der Waals surface area contributed by atoms with E-state index in [-0.39, 0.29) is 11.3 Å². The van der Waals surface area contributed by atoms with Gasteiger partial charge in [-0.1, -0.05) is 57.3 Å². The van der Waals surface area contributed by atoms with E-state index in [1.807, 2.05) is 0 Å². The molecule has 0 spiro atoms. The van der Waals surface area contributed by atoms with Gasteiger partial charge in [-0.2, -0.15) is 0 Å². The Bertz CT molecular complexity index is 1070. The van der Waals surface area contributed by atoms with Crippen LogP contribution in [0.2, 0.25) is 10.0 Å². The number of hydrogen-bond acceptors (Lipinski definition) is 5. The van der Waals surface area contributed by atoms with Crippen LogP contribution in [0.4, 0.5) is 0 Å². The standard InChI is InChI=1S/C23H21BrCl2N2O4/c24-15-3-1-14(2-4-15)21(29)19-20(17-6-5-16(25)13-18(17)26)28(23(31)22(19)30)8-7-27-9-11-32-12-10-27/h1-6,13,20,29H,7-12H2/b21-19+/t20-/m1/s1. The van der Waals surface area contributed by atoms with Crippen LogP contribution >= 0.6 is 39.1 Å². The molecule has 6 nitrogen and oxygen atoms in total. The molecule has 2 aliphatic heterocycles. The highest BCUT2D eigenvalue weighted by atomic mass is 79.9. The lowest BCUT2D eigenvalue weighted by molar-refractivity contribution is -0.140. The Morgan fingerprint density at radius 1 is 1.06 bits per heavy atom. The minimum atomic E-state index is -0.815. The fourth-order valence-electron chi connectivity index (χ4n) is 3.99. The fourth-order valence-corrected chi connectivity index (χ4v) is 4.77. The van der Waals surface area contributed by atoms with E-state index in [0.29, 0.717) is 47.5 Å². The Morgan fingerprint density at radius 3 is 2.41 bits per heavy atom. The van der Waals surface area contributed by atoms with Gasteiger partial charge in [0.1, 0.15) is 5.76 Å². The molecule has 2 heterocycles. The zero-order valence-electron chi connectivity index (χ0n) is 17.1. The number of aliphatic hydroxyl groups is 1. The maximum absolute atomic E-state index is 13.1. The molecule has 1 N–H and O–H groups in total. The molecule has 1 atom stereocenters. The number of carbonyl (C=O) groups is 2. The van der Waals surface area contributed by atoms with Crippen LogP contribution in [-0.2, 0) is 14.3 Å². The number of benzene rings is 2. The summed E-state index contributed by atoms with van der Waals surface area (Å²) in [5, 5.41) is 11.8. The first-order valence-corrected chi connectivity index (χ1v) is 11.7. The summed E-state index contributed by atoms with van der Waals surface area (Å²) in [7, 11) is 0. The number of halogens is 3. The zero-order chi connectivity index (χ0) is 22.8. The SMILES string of the molecule is O=C1C(=O)N(CCN2CCOCC2)[C@H](c2ccc(Cl)cc2Cl)/C1=C(\O)c1ccc(Br)cc1. The maximum atomic E-state index is 13.1. The van der Waals surface area contributed by atoms with Gasteiger partial charge >= 0.3 is 0 Å². The molecule has 2 saturated heterocycles. The lowest BCUT2D eigenvalue weighted by atomic mass is 9.95. The first kappa shape index (κ1) is 23.3. The van der Waals surface area contributed by atoms with Gasteiger partial charge < -0.3 is 14.7 Å². The molecule has 2 aromatic carbocycles. The molecule has 0 aliphatic carbocycles. The highest BCUT2D eigenvalue weighted by Gasteiger charge is 2.46. The van der Waals surface area contributed by atoms with E-state index in [1.165, 1.54) is 4.90 Å². The maximum Gasteiger partial charge on any atom is 0.295 e. The quantitative estimate of drug-likeness (QED) is 0.344. The molecule has 1 amide bonds. The average Bonchev–Trinajstić information content (AvgIpc) is 3.03. The lowest BCUT2D eigenvalue weighted by Crippen LogP contribution is -2.42. The van der Waals surface area contributed by atoms with E-state index < -0.39 is 17.7 Å². The van der Waals surface area contributed by atoms with Crippen LogP contribution in [0, 0.1) is 0 Å². The second-order valence-electron chi connectivity index (χ2n) is 7.62. The molecule has 0 bridgehead atoms. The summed E-state index contributed by atoms with van der Waals surface area (Å²) >= 11 is 15.9. The van der Waals surface area contributed by atoms with E-state index in [2.05, 4.69) is 20.8 Å². The summed E-state index contributed by atoms with van der Waals surface area (Å²) in [6.07, 6.45) is 0. The number of ether oxygens (including phenoxy) is 1. The predicted octanol–water partition coefficient (Wildman–Crippen LogP) is 4.51. The summed E-state index contributed by atoms with van der Waals surface area (Å²) in [6.45, 7) is 3.68. The summed E-state index contributed by atoms with van der Waals surface area (Å²) in [5.41, 5.74) is 0.994. The van der Waals surface area contributed by atoms with Crippen molar-refractivity contribution in [3.63, 3.8) is 0 Å². The number of carbonyl (C=O) groups excluding carboxylic acids is 2. The normalized spacial score (nSPS) is 21.3. The van der Waals surface area contributed by atoms with E-state index in [4.69, 9.17) is 27.9 Å². The van der Waals surface area contributed by atoms with Crippen LogP contribution in [0.1, 0.15) is 17.2 Å². The summed E-state index contributed by atoms with van der Waals surface area (Å²) in [6, 6.07) is 11.0. The second-order valence-corrected chi connectivity index (χ2v) is 9.38. The van der Waals surface area contributed by atoms with Crippen molar-refractivity contribution < 1.29 is 19.4 Å². The van der Waals surface area contributed by atoms with Crippen LogP contribution < -0.4 is 0 Å². The Labute approximate surface area is 204 Å². The first-order chi connectivity index (χ1) is 15.4. The van der Waals surface area contributed by atoms with Gasteiger partial charge in [0.05, 0.1) is 24.8 Å². The van der Waals surface area contributed by atoms with E-state index in [0.717, 1.165) is 17.6 Å². The Kier molecular flexibility index (Phi) is 7.22. The van der Waals surface area contributed by atoms with Crippen LogP contribution in [0.15, 0.2) is 52.5 Å². The molecule has 0 unspecified atom stereocenters. The van der Waals surface area contributed by atoms with Crippen molar-refractivity contribution in [1.29, 1.82) is 0 Å². The first-order valence-electron chi connectivity index (χ1n) is 10.2. The largest absolute Gasteiger partial charge is 0.507 e. The Hall–Kier alpha value is -1.90. The number of rotatable bonds is 5. The molecule has 168 valence electrons. The van der Waals surface area contributed by atoms with Crippen molar-refractivity contribution in [3.8, 4) is 0 Å². The number of hydrogen-bond donors (Lipinski definition) is 1. The number of amides is 1. The van der Waals surface area contributed by atoms with Crippen LogP contribution in [0.3, 0.4) is 0 Å². The molecule has 0 saturated carbocycles. The predicted molar refractivity (Wildman–Crippen MR) is 127 cm³/mol. The third kappa shape index (κ3) is 4.72. The molecule has 9 heteroatoms. The minimum absolute atomic E-state index is 0.0172. The fraction of sp³-hybridized carbons (Fsp3) is 0.304. The molecule has 4 rings (SSSR count). The second kappa shape index (κ2) is 9.93. The Morgan fingerprint density at radius 2 is 1.75 bits per heavy atom. The van der Waals surface area contributed by atoms with Crippen LogP contribution in [-0.4, -0.2) is 66.0 Å². The molecule has 2 aliphatic rings. The van der Waals surface area contributed by atoms with Gasteiger partial charge in [-0.25, -0.2) is 0 Å². The molecule has 2 fully saturated rings. The van der Waals surface area contributed by atoms with Crippen LogP contribution in [0.5, 0.6) is 0 Å².